The van der Waals surface area contributed by atoms with Gasteiger partial charge >= 0.3 is 0 Å². The van der Waals surface area contributed by atoms with Crippen LogP contribution in [0.2, 0.25) is 0 Å². The number of hydrogen-bond acceptors (Lipinski definition) is 5. The van der Waals surface area contributed by atoms with Gasteiger partial charge < -0.3 is 14.8 Å². The van der Waals surface area contributed by atoms with Gasteiger partial charge in [-0.25, -0.2) is 4.98 Å². The first-order chi connectivity index (χ1) is 11.6. The molecule has 0 unspecified atom stereocenters. The lowest BCUT2D eigenvalue weighted by atomic mass is 10.3. The van der Waals surface area contributed by atoms with Crippen molar-refractivity contribution in [1.82, 2.24) is 14.9 Å². The zero-order valence-corrected chi connectivity index (χ0v) is 13.8. The van der Waals surface area contributed by atoms with E-state index < -0.39 is 0 Å². The number of aromatic nitrogens is 2. The van der Waals surface area contributed by atoms with E-state index in [1.807, 2.05) is 6.92 Å². The van der Waals surface area contributed by atoms with Gasteiger partial charge in [-0.15, -0.1) is 0 Å². The highest BCUT2D eigenvalue weighted by molar-refractivity contribution is 5.77. The molecule has 1 amide bonds. The Labute approximate surface area is 140 Å². The minimum Gasteiger partial charge on any atom is -0.497 e. The molecule has 0 saturated carbocycles. The molecule has 0 spiro atoms. The van der Waals surface area contributed by atoms with E-state index in [0.29, 0.717) is 31.0 Å². The molecule has 0 radical (unpaired) electrons. The number of benzene rings is 1. The molecule has 2 rings (SSSR count). The van der Waals surface area contributed by atoms with Gasteiger partial charge in [0.05, 0.1) is 13.4 Å². The third kappa shape index (κ3) is 5.12. The lowest BCUT2D eigenvalue weighted by molar-refractivity contribution is -0.123. The highest BCUT2D eigenvalue weighted by Crippen LogP contribution is 2.18. The Morgan fingerprint density at radius 3 is 2.79 bits per heavy atom. The Balaban J connectivity index is 1.76. The molecule has 7 nitrogen and oxygen atoms in total. The van der Waals surface area contributed by atoms with E-state index in [4.69, 9.17) is 9.47 Å². The number of amides is 1. The van der Waals surface area contributed by atoms with Crippen molar-refractivity contribution < 1.29 is 14.3 Å². The van der Waals surface area contributed by atoms with Crippen LogP contribution in [-0.2, 0) is 17.8 Å². The molecule has 7 heteroatoms. The number of hydrogen-bond donors (Lipinski definition) is 1. The maximum atomic E-state index is 11.8. The van der Waals surface area contributed by atoms with E-state index >= 15 is 0 Å². The maximum absolute atomic E-state index is 11.8. The van der Waals surface area contributed by atoms with E-state index in [-0.39, 0.29) is 18.1 Å². The highest BCUT2D eigenvalue weighted by atomic mass is 16.5. The van der Waals surface area contributed by atoms with Crippen LogP contribution in [0.3, 0.4) is 0 Å². The van der Waals surface area contributed by atoms with Crippen LogP contribution in [0.5, 0.6) is 11.5 Å². The predicted octanol–water partition coefficient (Wildman–Crippen LogP) is 1.01. The molecule has 0 saturated heterocycles. The molecule has 128 valence electrons. The van der Waals surface area contributed by atoms with Crippen LogP contribution in [0.25, 0.3) is 0 Å². The second-order valence-electron chi connectivity index (χ2n) is 5.08. The third-order valence-corrected chi connectivity index (χ3v) is 3.38. The van der Waals surface area contributed by atoms with Gasteiger partial charge in [-0.3, -0.25) is 14.2 Å². The molecular formula is C17H21N3O4. The number of ether oxygens (including phenoxy) is 2. The third-order valence-electron chi connectivity index (χ3n) is 3.38. The van der Waals surface area contributed by atoms with Crippen molar-refractivity contribution >= 4 is 5.91 Å². The molecule has 0 aliphatic heterocycles. The number of carbonyl (C=O) groups is 1. The monoisotopic (exact) mass is 331 g/mol. The highest BCUT2D eigenvalue weighted by Gasteiger charge is 2.04. The summed E-state index contributed by atoms with van der Waals surface area (Å²) in [5, 5.41) is 2.70. The quantitative estimate of drug-likeness (QED) is 0.780. The van der Waals surface area contributed by atoms with E-state index in [1.165, 1.54) is 17.0 Å². The van der Waals surface area contributed by atoms with Crippen molar-refractivity contribution in [2.24, 2.45) is 0 Å². The summed E-state index contributed by atoms with van der Waals surface area (Å²) in [4.78, 5) is 27.8. The Bertz CT molecular complexity index is 743. The molecule has 0 fully saturated rings. The summed E-state index contributed by atoms with van der Waals surface area (Å²) >= 11 is 0. The Morgan fingerprint density at radius 2 is 2.08 bits per heavy atom. The zero-order chi connectivity index (χ0) is 17.4. The van der Waals surface area contributed by atoms with Crippen LogP contribution < -0.4 is 20.3 Å². The van der Waals surface area contributed by atoms with Crippen molar-refractivity contribution in [2.75, 3.05) is 20.3 Å². The fourth-order valence-electron chi connectivity index (χ4n) is 2.03. The summed E-state index contributed by atoms with van der Waals surface area (Å²) < 4.78 is 11.9. The summed E-state index contributed by atoms with van der Waals surface area (Å²) in [5.74, 6) is 0.958. The SMILES string of the molecule is CCc1cc(=O)n(CCNC(=O)COc2cccc(OC)c2)cn1. The van der Waals surface area contributed by atoms with Crippen LogP contribution in [0.4, 0.5) is 0 Å². The minimum absolute atomic E-state index is 0.102. The molecule has 0 bridgehead atoms. The first kappa shape index (κ1) is 17.5. The summed E-state index contributed by atoms with van der Waals surface area (Å²) in [7, 11) is 1.57. The van der Waals surface area contributed by atoms with Crippen LogP contribution >= 0.6 is 0 Å². The summed E-state index contributed by atoms with van der Waals surface area (Å²) in [6.07, 6.45) is 2.22. The van der Waals surface area contributed by atoms with Gasteiger partial charge in [0.1, 0.15) is 11.5 Å². The maximum Gasteiger partial charge on any atom is 0.258 e. The summed E-state index contributed by atoms with van der Waals surface area (Å²) in [6.45, 7) is 2.53. The fraction of sp³-hybridized carbons (Fsp3) is 0.353. The smallest absolute Gasteiger partial charge is 0.258 e. The summed E-state index contributed by atoms with van der Waals surface area (Å²) in [5.41, 5.74) is 0.635. The van der Waals surface area contributed by atoms with Gasteiger partial charge in [-0.05, 0) is 18.6 Å². The van der Waals surface area contributed by atoms with Crippen molar-refractivity contribution in [1.29, 1.82) is 0 Å². The molecule has 1 aromatic heterocycles. The van der Waals surface area contributed by atoms with Gasteiger partial charge in [-0.1, -0.05) is 13.0 Å². The molecular weight excluding hydrogens is 310 g/mol. The molecule has 24 heavy (non-hydrogen) atoms. The average molecular weight is 331 g/mol. The Hall–Kier alpha value is -2.83. The molecule has 1 heterocycles. The van der Waals surface area contributed by atoms with Crippen molar-refractivity contribution in [3.63, 3.8) is 0 Å². The Kier molecular flexibility index (Phi) is 6.36. The number of aryl methyl sites for hydroxylation is 1. The predicted molar refractivity (Wildman–Crippen MR) is 89.4 cm³/mol. The van der Waals surface area contributed by atoms with E-state index in [1.54, 1.807) is 31.4 Å². The second-order valence-corrected chi connectivity index (χ2v) is 5.08. The van der Waals surface area contributed by atoms with Crippen molar-refractivity contribution in [3.05, 3.63) is 52.7 Å². The van der Waals surface area contributed by atoms with Crippen molar-refractivity contribution in [2.45, 2.75) is 19.9 Å². The molecule has 0 aliphatic carbocycles. The first-order valence-electron chi connectivity index (χ1n) is 7.71. The van der Waals surface area contributed by atoms with E-state index in [0.717, 1.165) is 5.69 Å². The topological polar surface area (TPSA) is 82.5 Å². The zero-order valence-electron chi connectivity index (χ0n) is 13.8. The van der Waals surface area contributed by atoms with E-state index in [9.17, 15) is 9.59 Å². The minimum atomic E-state index is -0.260. The van der Waals surface area contributed by atoms with Gasteiger partial charge in [0.2, 0.25) is 0 Å². The standard InChI is InChI=1S/C17H21N3O4/c1-3-13-9-17(22)20(12-19-13)8-7-18-16(21)11-24-15-6-4-5-14(10-15)23-2/h4-6,9-10,12H,3,7-8,11H2,1-2H3,(H,18,21). The van der Waals surface area contributed by atoms with Crippen LogP contribution in [0, 0.1) is 0 Å². The van der Waals surface area contributed by atoms with Crippen LogP contribution in [0.15, 0.2) is 41.5 Å². The molecule has 1 N–H and O–H groups in total. The van der Waals surface area contributed by atoms with Gasteiger partial charge in [0.15, 0.2) is 6.61 Å². The number of nitrogens with one attached hydrogen (secondary N) is 1. The number of rotatable bonds is 8. The number of nitrogens with zero attached hydrogens (tertiary/aromatic N) is 2. The van der Waals surface area contributed by atoms with Gasteiger partial charge in [0.25, 0.3) is 11.5 Å². The van der Waals surface area contributed by atoms with Gasteiger partial charge in [0, 0.05) is 30.9 Å². The molecule has 0 aliphatic rings. The Morgan fingerprint density at radius 1 is 1.29 bits per heavy atom. The van der Waals surface area contributed by atoms with E-state index in [2.05, 4.69) is 10.3 Å². The van der Waals surface area contributed by atoms with Crippen LogP contribution in [-0.4, -0.2) is 35.7 Å². The van der Waals surface area contributed by atoms with Crippen LogP contribution in [0.1, 0.15) is 12.6 Å². The largest absolute Gasteiger partial charge is 0.497 e. The lowest BCUT2D eigenvalue weighted by Crippen LogP contribution is -2.33. The van der Waals surface area contributed by atoms with Gasteiger partial charge in [-0.2, -0.15) is 0 Å². The summed E-state index contributed by atoms with van der Waals surface area (Å²) in [6, 6.07) is 8.53. The van der Waals surface area contributed by atoms with Crippen molar-refractivity contribution in [3.8, 4) is 11.5 Å². The number of methoxy groups -OCH3 is 1. The molecule has 1 aromatic carbocycles. The molecule has 2 aromatic rings. The first-order valence-corrected chi connectivity index (χ1v) is 7.71. The second kappa shape index (κ2) is 8.71. The lowest BCUT2D eigenvalue weighted by Gasteiger charge is -2.09. The average Bonchev–Trinajstić information content (AvgIpc) is 2.61. The fourth-order valence-corrected chi connectivity index (χ4v) is 2.03. The molecule has 0 atom stereocenters. The normalized spacial score (nSPS) is 10.2. The number of carbonyl (C=O) groups excluding carboxylic acids is 1.